The molecule has 0 rings (SSSR count). The summed E-state index contributed by atoms with van der Waals surface area (Å²) in [6.45, 7) is 2.66. The van der Waals surface area contributed by atoms with E-state index in [-0.39, 0.29) is 13.0 Å². The van der Waals surface area contributed by atoms with Crippen molar-refractivity contribution < 1.29 is 45.6 Å². The summed E-state index contributed by atoms with van der Waals surface area (Å²) in [6.07, 6.45) is -11.1. The van der Waals surface area contributed by atoms with Gasteiger partial charge < -0.3 is 20.0 Å². The Labute approximate surface area is 124 Å². The molecule has 0 radical (unpaired) electrons. The highest BCUT2D eigenvalue weighted by Crippen LogP contribution is 2.34. The summed E-state index contributed by atoms with van der Waals surface area (Å²) >= 11 is 0. The maximum Gasteiger partial charge on any atom is 0.466 e. The fraction of sp³-hybridized carbons (Fsp3) is 1.00. The first kappa shape index (κ1) is 23.9. The van der Waals surface area contributed by atoms with Gasteiger partial charge in [0.15, 0.2) is 0 Å². The van der Waals surface area contributed by atoms with Crippen molar-refractivity contribution in [3.05, 3.63) is 0 Å². The first-order chi connectivity index (χ1) is 9.64. The summed E-state index contributed by atoms with van der Waals surface area (Å²) < 4.78 is 81.3. The molecule has 0 aromatic rings. The summed E-state index contributed by atoms with van der Waals surface area (Å²) in [5, 5.41) is 2.80. The molecule has 0 aliphatic heterocycles. The Morgan fingerprint density at radius 1 is 0.955 bits per heavy atom. The van der Waals surface area contributed by atoms with Gasteiger partial charge in [-0.25, -0.2) is 4.57 Å². The number of halogens is 6. The molecule has 0 bridgehead atoms. The van der Waals surface area contributed by atoms with Gasteiger partial charge in [0.1, 0.15) is 0 Å². The molecule has 0 heterocycles. The van der Waals surface area contributed by atoms with Crippen molar-refractivity contribution in [2.75, 3.05) is 13.1 Å². The molecule has 0 fully saturated rings. The van der Waals surface area contributed by atoms with Crippen LogP contribution in [0.4, 0.5) is 26.3 Å². The molecule has 0 unspecified atom stereocenters. The Morgan fingerprint density at radius 2 is 1.32 bits per heavy atom. The van der Waals surface area contributed by atoms with Crippen LogP contribution in [-0.4, -0.2) is 40.1 Å². The van der Waals surface area contributed by atoms with Gasteiger partial charge in [-0.3, -0.25) is 0 Å². The van der Waals surface area contributed by atoms with Crippen LogP contribution in [0.5, 0.6) is 0 Å². The average molecular weight is 363 g/mol. The van der Waals surface area contributed by atoms with Crippen LogP contribution in [0.25, 0.3) is 0 Å². The fourth-order valence-electron chi connectivity index (χ4n) is 1.54. The highest BCUT2D eigenvalue weighted by molar-refractivity contribution is 7.45. The summed E-state index contributed by atoms with van der Waals surface area (Å²) in [5.74, 6) is -1.39. The normalized spacial score (nSPS) is 13.0. The van der Waals surface area contributed by atoms with Crippen molar-refractivity contribution >= 4 is 7.82 Å². The van der Waals surface area contributed by atoms with E-state index in [0.29, 0.717) is 6.54 Å². The van der Waals surface area contributed by atoms with Crippen LogP contribution in [0.2, 0.25) is 0 Å². The molecule has 0 aromatic carbocycles. The summed E-state index contributed by atoms with van der Waals surface area (Å²) in [4.78, 5) is 21.6. The van der Waals surface area contributed by atoms with E-state index < -0.39 is 38.9 Å². The van der Waals surface area contributed by atoms with Crippen LogP contribution in [-0.2, 0) is 4.57 Å². The van der Waals surface area contributed by atoms with Crippen molar-refractivity contribution in [3.8, 4) is 0 Å². The molecule has 0 amide bonds. The molecular formula is C10H20F6NO4P. The van der Waals surface area contributed by atoms with Crippen molar-refractivity contribution in [2.45, 2.75) is 45.0 Å². The number of alkyl halides is 6. The topological polar surface area (TPSA) is 89.8 Å². The van der Waals surface area contributed by atoms with Gasteiger partial charge in [-0.05, 0) is 31.8 Å². The van der Waals surface area contributed by atoms with Crippen molar-refractivity contribution in [1.82, 2.24) is 5.32 Å². The van der Waals surface area contributed by atoms with E-state index in [1.165, 1.54) is 0 Å². The van der Waals surface area contributed by atoms with Crippen LogP contribution in [0, 0.1) is 5.92 Å². The number of rotatable bonds is 7. The van der Waals surface area contributed by atoms with Gasteiger partial charge >= 0.3 is 20.2 Å². The third-order valence-electron chi connectivity index (χ3n) is 2.20. The molecule has 0 saturated heterocycles. The van der Waals surface area contributed by atoms with Gasteiger partial charge in [-0.1, -0.05) is 6.92 Å². The average Bonchev–Trinajstić information content (AvgIpc) is 2.17. The third-order valence-corrected chi connectivity index (χ3v) is 2.20. The second kappa shape index (κ2) is 10.4. The van der Waals surface area contributed by atoms with E-state index in [1.54, 1.807) is 0 Å². The van der Waals surface area contributed by atoms with E-state index in [0.717, 1.165) is 6.42 Å². The number of phosphoric acid groups is 1. The SMILES string of the molecule is CCCNCCC(CC(F)(F)F)CC(F)(F)F.O=P(O)(O)O. The van der Waals surface area contributed by atoms with Crippen LogP contribution < -0.4 is 5.32 Å². The van der Waals surface area contributed by atoms with Crippen molar-refractivity contribution in [3.63, 3.8) is 0 Å². The Bertz CT molecular complexity index is 306. The van der Waals surface area contributed by atoms with Crippen molar-refractivity contribution in [2.24, 2.45) is 5.92 Å². The molecule has 12 heteroatoms. The van der Waals surface area contributed by atoms with E-state index in [2.05, 4.69) is 5.32 Å². The fourth-order valence-corrected chi connectivity index (χ4v) is 1.54. The molecule has 136 valence electrons. The molecule has 0 saturated carbocycles. The second-order valence-electron chi connectivity index (χ2n) is 4.56. The molecule has 22 heavy (non-hydrogen) atoms. The van der Waals surface area contributed by atoms with Crippen LogP contribution in [0.1, 0.15) is 32.6 Å². The first-order valence-electron chi connectivity index (χ1n) is 6.26. The highest BCUT2D eigenvalue weighted by Gasteiger charge is 2.38. The van der Waals surface area contributed by atoms with Crippen LogP contribution in [0.3, 0.4) is 0 Å². The quantitative estimate of drug-likeness (QED) is 0.317. The molecule has 4 N–H and O–H groups in total. The molecule has 0 aliphatic rings. The molecule has 0 spiro atoms. The standard InChI is InChI=1S/C10H17F6N.H3O4P/c1-2-4-17-5-3-8(6-9(11,12)13)7-10(14,15)16;1-5(2,3)4/h8,17H,2-7H2,1H3;(H3,1,2,3,4). The molecule has 0 aromatic heterocycles. The van der Waals surface area contributed by atoms with Crippen LogP contribution >= 0.6 is 7.82 Å². The maximum atomic E-state index is 12.1. The zero-order valence-electron chi connectivity index (χ0n) is 11.8. The minimum absolute atomic E-state index is 0.112. The zero-order valence-corrected chi connectivity index (χ0v) is 12.7. The predicted molar refractivity (Wildman–Crippen MR) is 66.9 cm³/mol. The lowest BCUT2D eigenvalue weighted by Gasteiger charge is -2.20. The van der Waals surface area contributed by atoms with E-state index in [4.69, 9.17) is 19.2 Å². The second-order valence-corrected chi connectivity index (χ2v) is 5.58. The summed E-state index contributed by atoms with van der Waals surface area (Å²) in [6, 6.07) is 0. The smallest absolute Gasteiger partial charge is 0.317 e. The Hall–Kier alpha value is -0.350. The van der Waals surface area contributed by atoms with Gasteiger partial charge in [-0.15, -0.1) is 0 Å². The molecule has 0 atom stereocenters. The number of hydrogen-bond acceptors (Lipinski definition) is 2. The molecule has 5 nitrogen and oxygen atoms in total. The minimum Gasteiger partial charge on any atom is -0.317 e. The van der Waals surface area contributed by atoms with Gasteiger partial charge in [0, 0.05) is 12.8 Å². The lowest BCUT2D eigenvalue weighted by atomic mass is 9.97. The Kier molecular flexibility index (Phi) is 11.3. The predicted octanol–water partition coefficient (Wildman–Crippen LogP) is 2.97. The first-order valence-corrected chi connectivity index (χ1v) is 7.83. The van der Waals surface area contributed by atoms with E-state index in [9.17, 15) is 26.3 Å². The molecule has 0 aliphatic carbocycles. The largest absolute Gasteiger partial charge is 0.466 e. The Morgan fingerprint density at radius 3 is 1.59 bits per heavy atom. The van der Waals surface area contributed by atoms with Gasteiger partial charge in [0.05, 0.1) is 0 Å². The van der Waals surface area contributed by atoms with Gasteiger partial charge in [-0.2, -0.15) is 26.3 Å². The van der Waals surface area contributed by atoms with E-state index in [1.807, 2.05) is 6.92 Å². The summed E-state index contributed by atoms with van der Waals surface area (Å²) in [7, 11) is -4.64. The van der Waals surface area contributed by atoms with Crippen molar-refractivity contribution in [1.29, 1.82) is 0 Å². The van der Waals surface area contributed by atoms with Gasteiger partial charge in [0.25, 0.3) is 0 Å². The lowest BCUT2D eigenvalue weighted by molar-refractivity contribution is -0.173. The van der Waals surface area contributed by atoms with E-state index >= 15 is 0 Å². The molecular weight excluding hydrogens is 343 g/mol. The number of nitrogens with one attached hydrogen (secondary N) is 1. The minimum atomic E-state index is -4.64. The lowest BCUT2D eigenvalue weighted by Crippen LogP contribution is -2.25. The maximum absolute atomic E-state index is 12.1. The highest BCUT2D eigenvalue weighted by atomic mass is 31.2. The van der Waals surface area contributed by atoms with Crippen LogP contribution in [0.15, 0.2) is 0 Å². The van der Waals surface area contributed by atoms with Gasteiger partial charge in [0.2, 0.25) is 0 Å². The zero-order chi connectivity index (χ0) is 18.0. The number of hydrogen-bond donors (Lipinski definition) is 4. The third kappa shape index (κ3) is 27.9. The Balaban J connectivity index is 0. The summed E-state index contributed by atoms with van der Waals surface area (Å²) in [5.41, 5.74) is 0. The monoisotopic (exact) mass is 363 g/mol.